The van der Waals surface area contributed by atoms with E-state index in [1.807, 2.05) is 6.92 Å². The van der Waals surface area contributed by atoms with Crippen LogP contribution in [0.25, 0.3) is 0 Å². The monoisotopic (exact) mass is 332 g/mol. The molecule has 0 unspecified atom stereocenters. The van der Waals surface area contributed by atoms with E-state index in [0.717, 1.165) is 12.8 Å². The van der Waals surface area contributed by atoms with Crippen LogP contribution in [0.2, 0.25) is 0 Å². The highest BCUT2D eigenvalue weighted by Gasteiger charge is 2.65. The number of hydrogen-bond acceptors (Lipinski definition) is 3. The molecule has 5 atom stereocenters. The van der Waals surface area contributed by atoms with Crippen LogP contribution in [0.3, 0.4) is 0 Å². The first kappa shape index (κ1) is 17.4. The van der Waals surface area contributed by atoms with Gasteiger partial charge in [-0.25, -0.2) is 0 Å². The zero-order valence-corrected chi connectivity index (χ0v) is 15.1. The molecule has 0 heterocycles. The van der Waals surface area contributed by atoms with E-state index in [1.54, 1.807) is 6.92 Å². The van der Waals surface area contributed by atoms with Crippen LogP contribution in [-0.2, 0) is 14.4 Å². The number of Topliss-reactive ketones (excluding diaryl/α,β-unsaturated/α-hetero) is 1. The van der Waals surface area contributed by atoms with Gasteiger partial charge < -0.3 is 5.11 Å². The molecule has 3 rings (SSSR count). The number of carbonyl (C=O) groups excluding carboxylic acids is 2. The van der Waals surface area contributed by atoms with Gasteiger partial charge in [-0.15, -0.1) is 0 Å². The lowest BCUT2D eigenvalue weighted by Crippen LogP contribution is -2.54. The Morgan fingerprint density at radius 3 is 2.50 bits per heavy atom. The molecule has 4 nitrogen and oxygen atoms in total. The first-order valence-corrected chi connectivity index (χ1v) is 9.12. The lowest BCUT2D eigenvalue weighted by Gasteiger charge is -2.52. The van der Waals surface area contributed by atoms with Crippen LogP contribution in [0, 0.1) is 34.5 Å². The maximum Gasteiger partial charge on any atom is 0.310 e. The summed E-state index contributed by atoms with van der Waals surface area (Å²) in [4.78, 5) is 37.7. The zero-order chi connectivity index (χ0) is 17.9. The van der Waals surface area contributed by atoms with Crippen molar-refractivity contribution in [1.29, 1.82) is 0 Å². The molecule has 0 bridgehead atoms. The lowest BCUT2D eigenvalue weighted by atomic mass is 9.50. The number of rotatable bonds is 2. The number of allylic oxidation sites excluding steroid dienone is 2. The van der Waals surface area contributed by atoms with Gasteiger partial charge >= 0.3 is 5.97 Å². The van der Waals surface area contributed by atoms with Crippen molar-refractivity contribution in [3.8, 4) is 0 Å². The van der Waals surface area contributed by atoms with E-state index >= 15 is 0 Å². The van der Waals surface area contributed by atoms with Crippen molar-refractivity contribution in [2.45, 2.75) is 59.8 Å². The largest absolute Gasteiger partial charge is 0.481 e. The predicted octanol–water partition coefficient (Wildman–Crippen LogP) is 3.64. The Kier molecular flexibility index (Phi) is 4.01. The molecule has 4 heteroatoms. The fourth-order valence-corrected chi connectivity index (χ4v) is 6.10. The molecule has 2 fully saturated rings. The second-order valence-corrected chi connectivity index (χ2v) is 8.84. The van der Waals surface area contributed by atoms with Gasteiger partial charge in [-0.05, 0) is 67.4 Å². The zero-order valence-electron chi connectivity index (χ0n) is 15.1. The maximum absolute atomic E-state index is 13.0. The summed E-state index contributed by atoms with van der Waals surface area (Å²) in [6, 6.07) is 0. The standard InChI is InChI=1S/C20H28O4/c1-11(2)13-5-6-14-17-15(21)9-12(3)16(22)10-19(17,4)7-8-20(13,14)18(23)24/h9,11,13-14,17H,5-8,10H2,1-4H3,(H,23,24)/t13-,14+,17-,19+,20+/m1/s1. The van der Waals surface area contributed by atoms with Crippen LogP contribution in [-0.4, -0.2) is 22.6 Å². The van der Waals surface area contributed by atoms with Gasteiger partial charge in [0.2, 0.25) is 0 Å². The van der Waals surface area contributed by atoms with Crippen molar-refractivity contribution in [1.82, 2.24) is 0 Å². The molecule has 0 saturated heterocycles. The smallest absolute Gasteiger partial charge is 0.310 e. The van der Waals surface area contributed by atoms with E-state index in [2.05, 4.69) is 13.8 Å². The molecule has 0 aliphatic heterocycles. The second kappa shape index (κ2) is 5.53. The Morgan fingerprint density at radius 2 is 1.92 bits per heavy atom. The number of fused-ring (bicyclic) bond motifs is 3. The predicted molar refractivity (Wildman–Crippen MR) is 90.3 cm³/mol. The summed E-state index contributed by atoms with van der Waals surface area (Å²) in [5.74, 6) is -0.822. The number of carboxylic acid groups (broad SMARTS) is 1. The fourth-order valence-electron chi connectivity index (χ4n) is 6.10. The van der Waals surface area contributed by atoms with Crippen molar-refractivity contribution in [3.05, 3.63) is 11.6 Å². The molecule has 0 amide bonds. The third-order valence-corrected chi connectivity index (χ3v) is 7.25. The van der Waals surface area contributed by atoms with E-state index in [0.29, 0.717) is 24.8 Å². The fraction of sp³-hybridized carbons (Fsp3) is 0.750. The minimum atomic E-state index is -0.802. The topological polar surface area (TPSA) is 71.4 Å². The number of hydrogen-bond donors (Lipinski definition) is 1. The normalized spacial score (nSPS) is 42.4. The number of aliphatic carboxylic acids is 1. The Morgan fingerprint density at radius 1 is 1.25 bits per heavy atom. The van der Waals surface area contributed by atoms with Crippen LogP contribution in [0.4, 0.5) is 0 Å². The van der Waals surface area contributed by atoms with Gasteiger partial charge in [-0.2, -0.15) is 0 Å². The van der Waals surface area contributed by atoms with Gasteiger partial charge in [0.25, 0.3) is 0 Å². The average Bonchev–Trinajstić information content (AvgIpc) is 2.83. The van der Waals surface area contributed by atoms with E-state index in [1.165, 1.54) is 6.08 Å². The quantitative estimate of drug-likeness (QED) is 0.838. The van der Waals surface area contributed by atoms with Crippen molar-refractivity contribution in [3.63, 3.8) is 0 Å². The van der Waals surface area contributed by atoms with Crippen molar-refractivity contribution in [2.75, 3.05) is 0 Å². The van der Waals surface area contributed by atoms with Gasteiger partial charge in [0, 0.05) is 12.3 Å². The SMILES string of the molecule is CC1=CC(=O)[C@H]2[C@@H]3CC[C@H](C(C)C)[C@@]3(C(=O)O)CC[C@@]2(C)CC1=O. The van der Waals surface area contributed by atoms with Crippen LogP contribution < -0.4 is 0 Å². The van der Waals surface area contributed by atoms with Crippen LogP contribution in [0.15, 0.2) is 11.6 Å². The average molecular weight is 332 g/mol. The van der Waals surface area contributed by atoms with Gasteiger partial charge in [0.15, 0.2) is 11.6 Å². The molecular formula is C20H28O4. The first-order valence-electron chi connectivity index (χ1n) is 9.12. The highest BCUT2D eigenvalue weighted by Crippen LogP contribution is 2.65. The molecule has 24 heavy (non-hydrogen) atoms. The third-order valence-electron chi connectivity index (χ3n) is 7.25. The summed E-state index contributed by atoms with van der Waals surface area (Å²) in [6.45, 7) is 7.91. The number of carboxylic acids is 1. The molecule has 1 N–H and O–H groups in total. The molecule has 0 radical (unpaired) electrons. The first-order chi connectivity index (χ1) is 11.1. The van der Waals surface area contributed by atoms with E-state index in [9.17, 15) is 19.5 Å². The summed E-state index contributed by atoms with van der Waals surface area (Å²) in [5, 5.41) is 10.2. The lowest BCUT2D eigenvalue weighted by molar-refractivity contribution is -0.168. The molecule has 0 spiro atoms. The Balaban J connectivity index is 2.11. The molecular weight excluding hydrogens is 304 g/mol. The van der Waals surface area contributed by atoms with Gasteiger partial charge in [-0.1, -0.05) is 20.8 Å². The van der Waals surface area contributed by atoms with Crippen molar-refractivity contribution in [2.24, 2.45) is 34.5 Å². The molecule has 3 aliphatic rings. The number of carbonyl (C=O) groups is 3. The second-order valence-electron chi connectivity index (χ2n) is 8.84. The van der Waals surface area contributed by atoms with Crippen LogP contribution in [0.5, 0.6) is 0 Å². The van der Waals surface area contributed by atoms with Gasteiger partial charge in [0.05, 0.1) is 5.41 Å². The molecule has 2 saturated carbocycles. The molecule has 0 aromatic heterocycles. The summed E-state index contributed by atoms with van der Waals surface area (Å²) >= 11 is 0. The van der Waals surface area contributed by atoms with Crippen LogP contribution >= 0.6 is 0 Å². The number of ketones is 2. The Labute approximate surface area is 143 Å². The Hall–Kier alpha value is -1.45. The van der Waals surface area contributed by atoms with Gasteiger partial charge in [-0.3, -0.25) is 14.4 Å². The summed E-state index contributed by atoms with van der Waals surface area (Å²) in [6.07, 6.45) is 4.72. The minimum absolute atomic E-state index is 0.0272. The van der Waals surface area contributed by atoms with E-state index < -0.39 is 16.8 Å². The molecule has 3 aliphatic carbocycles. The molecule has 132 valence electrons. The molecule has 0 aromatic rings. The van der Waals surface area contributed by atoms with Crippen molar-refractivity contribution >= 4 is 17.5 Å². The highest BCUT2D eigenvalue weighted by atomic mass is 16.4. The summed E-state index contributed by atoms with van der Waals surface area (Å²) in [7, 11) is 0. The summed E-state index contributed by atoms with van der Waals surface area (Å²) in [5.41, 5.74) is -0.684. The minimum Gasteiger partial charge on any atom is -0.481 e. The summed E-state index contributed by atoms with van der Waals surface area (Å²) < 4.78 is 0. The van der Waals surface area contributed by atoms with E-state index in [-0.39, 0.29) is 35.2 Å². The maximum atomic E-state index is 13.0. The molecule has 0 aromatic carbocycles. The highest BCUT2D eigenvalue weighted by molar-refractivity contribution is 6.06. The Bertz CT molecular complexity index is 632. The van der Waals surface area contributed by atoms with Gasteiger partial charge in [0.1, 0.15) is 0 Å². The van der Waals surface area contributed by atoms with Crippen LogP contribution in [0.1, 0.15) is 59.8 Å². The van der Waals surface area contributed by atoms with E-state index in [4.69, 9.17) is 0 Å². The van der Waals surface area contributed by atoms with Crippen molar-refractivity contribution < 1.29 is 19.5 Å². The third kappa shape index (κ3) is 2.21.